The maximum Gasteiger partial charge on any atom is 0.253 e. The van der Waals surface area contributed by atoms with E-state index in [0.717, 1.165) is 60.4 Å². The third-order valence-electron chi connectivity index (χ3n) is 5.93. The van der Waals surface area contributed by atoms with E-state index in [1.807, 2.05) is 40.8 Å². The largest absolute Gasteiger partial charge is 0.376 e. The van der Waals surface area contributed by atoms with Crippen LogP contribution in [0.2, 0.25) is 0 Å². The number of carbonyl (C=O) groups is 2. The first-order valence-electron chi connectivity index (χ1n) is 10.3. The highest BCUT2D eigenvalue weighted by Crippen LogP contribution is 2.33. The number of fused-ring (bicyclic) bond motifs is 1. The summed E-state index contributed by atoms with van der Waals surface area (Å²) in [5, 5.41) is 7.49. The van der Waals surface area contributed by atoms with Crippen molar-refractivity contribution in [3.63, 3.8) is 0 Å². The van der Waals surface area contributed by atoms with Crippen LogP contribution in [0, 0.1) is 6.92 Å². The summed E-state index contributed by atoms with van der Waals surface area (Å²) in [4.78, 5) is 26.7. The molecule has 1 aromatic heterocycles. The van der Waals surface area contributed by atoms with Gasteiger partial charge < -0.3 is 15.0 Å². The third-order valence-corrected chi connectivity index (χ3v) is 5.93. The van der Waals surface area contributed by atoms with Crippen molar-refractivity contribution in [2.24, 2.45) is 0 Å². The molecular formula is C22H28N4O3. The Labute approximate surface area is 171 Å². The van der Waals surface area contributed by atoms with Crippen LogP contribution in [0.4, 0.5) is 0 Å². The maximum atomic E-state index is 12.8. The molecule has 2 amide bonds. The van der Waals surface area contributed by atoms with Crippen LogP contribution in [0.5, 0.6) is 0 Å². The monoisotopic (exact) mass is 396 g/mol. The summed E-state index contributed by atoms with van der Waals surface area (Å²) in [6.07, 6.45) is 2.53. The van der Waals surface area contributed by atoms with Gasteiger partial charge in [0.2, 0.25) is 5.91 Å². The van der Waals surface area contributed by atoms with Crippen molar-refractivity contribution in [3.05, 3.63) is 52.3 Å². The van der Waals surface area contributed by atoms with Gasteiger partial charge in [-0.2, -0.15) is 5.10 Å². The van der Waals surface area contributed by atoms with Crippen LogP contribution < -0.4 is 5.32 Å². The predicted molar refractivity (Wildman–Crippen MR) is 109 cm³/mol. The number of ether oxygens (including phenoxy) is 1. The van der Waals surface area contributed by atoms with E-state index in [2.05, 4.69) is 5.32 Å². The molecule has 1 N–H and O–H groups in total. The molecule has 1 saturated heterocycles. The Hall–Kier alpha value is -2.67. The topological polar surface area (TPSA) is 76.5 Å². The van der Waals surface area contributed by atoms with Gasteiger partial charge in [0.25, 0.3) is 5.91 Å². The molecule has 7 heteroatoms. The van der Waals surface area contributed by atoms with Crippen molar-refractivity contribution >= 4 is 11.8 Å². The van der Waals surface area contributed by atoms with E-state index in [-0.39, 0.29) is 24.3 Å². The fourth-order valence-corrected chi connectivity index (χ4v) is 4.33. The number of nitrogens with one attached hydrogen (secondary N) is 1. The molecule has 0 bridgehead atoms. The summed E-state index contributed by atoms with van der Waals surface area (Å²) in [6.45, 7) is 4.90. The van der Waals surface area contributed by atoms with Crippen LogP contribution in [0.15, 0.2) is 24.3 Å². The number of likely N-dealkylation sites (N-methyl/N-ethyl adjacent to an activating group) is 1. The average Bonchev–Trinajstić information content (AvgIpc) is 3.11. The Morgan fingerprint density at radius 3 is 2.79 bits per heavy atom. The van der Waals surface area contributed by atoms with E-state index in [4.69, 9.17) is 9.84 Å². The summed E-state index contributed by atoms with van der Waals surface area (Å²) in [6, 6.07) is 7.77. The lowest BCUT2D eigenvalue weighted by Crippen LogP contribution is -2.38. The first kappa shape index (κ1) is 19.6. The second-order valence-corrected chi connectivity index (χ2v) is 7.88. The number of hydrogen-bond donors (Lipinski definition) is 1. The number of nitrogens with zero attached hydrogens (tertiary/aromatic N) is 3. The summed E-state index contributed by atoms with van der Waals surface area (Å²) in [5.74, 6) is 0.340. The number of aryl methyl sites for hydroxylation is 1. The number of likely N-dealkylation sites (tertiary alicyclic amines) is 1. The standard InChI is InChI=1S/C22H28N4O3/c1-15-4-3-5-17(12-15)22(28)25-9-6-16(7-10-25)21-18-14-29-11-8-19(18)26(24-21)13-20(27)23-2/h3-5,12,16H,6-11,13-14H2,1-2H3,(H,23,27). The van der Waals surface area contributed by atoms with E-state index in [0.29, 0.717) is 13.2 Å². The normalized spacial score (nSPS) is 17.1. The Kier molecular flexibility index (Phi) is 5.67. The van der Waals surface area contributed by atoms with Crippen molar-refractivity contribution in [2.45, 2.75) is 45.3 Å². The Balaban J connectivity index is 1.48. The molecule has 4 rings (SSSR count). The second kappa shape index (κ2) is 8.37. The van der Waals surface area contributed by atoms with E-state index >= 15 is 0 Å². The molecule has 1 aromatic carbocycles. The van der Waals surface area contributed by atoms with Crippen molar-refractivity contribution in [1.82, 2.24) is 20.0 Å². The molecule has 0 atom stereocenters. The first-order valence-corrected chi connectivity index (χ1v) is 10.3. The number of carbonyl (C=O) groups excluding carboxylic acids is 2. The maximum absolute atomic E-state index is 12.8. The molecule has 0 spiro atoms. The van der Waals surface area contributed by atoms with Crippen LogP contribution in [0.1, 0.15) is 51.6 Å². The van der Waals surface area contributed by atoms with Gasteiger partial charge in [-0.15, -0.1) is 0 Å². The van der Waals surface area contributed by atoms with Gasteiger partial charge in [-0.3, -0.25) is 14.3 Å². The first-order chi connectivity index (χ1) is 14.1. The molecule has 0 aliphatic carbocycles. The minimum atomic E-state index is -0.0492. The summed E-state index contributed by atoms with van der Waals surface area (Å²) in [5.41, 5.74) is 5.16. The summed E-state index contributed by atoms with van der Waals surface area (Å²) in [7, 11) is 1.64. The highest BCUT2D eigenvalue weighted by Gasteiger charge is 2.31. The van der Waals surface area contributed by atoms with Crippen LogP contribution in [0.3, 0.4) is 0 Å². The number of aromatic nitrogens is 2. The van der Waals surface area contributed by atoms with Gasteiger partial charge >= 0.3 is 0 Å². The van der Waals surface area contributed by atoms with Crippen molar-refractivity contribution in [1.29, 1.82) is 0 Å². The lowest BCUT2D eigenvalue weighted by molar-refractivity contribution is -0.121. The van der Waals surface area contributed by atoms with Gasteiger partial charge in [0.15, 0.2) is 0 Å². The highest BCUT2D eigenvalue weighted by molar-refractivity contribution is 5.94. The zero-order valence-corrected chi connectivity index (χ0v) is 17.1. The number of benzene rings is 1. The lowest BCUT2D eigenvalue weighted by Gasteiger charge is -2.32. The Bertz CT molecular complexity index is 913. The minimum absolute atomic E-state index is 0.0492. The molecular weight excluding hydrogens is 368 g/mol. The minimum Gasteiger partial charge on any atom is -0.376 e. The molecule has 0 radical (unpaired) electrons. The molecule has 0 saturated carbocycles. The van der Waals surface area contributed by atoms with E-state index in [9.17, 15) is 9.59 Å². The molecule has 154 valence electrons. The molecule has 0 unspecified atom stereocenters. The molecule has 1 fully saturated rings. The highest BCUT2D eigenvalue weighted by atomic mass is 16.5. The summed E-state index contributed by atoms with van der Waals surface area (Å²) < 4.78 is 7.53. The molecule has 3 heterocycles. The van der Waals surface area contributed by atoms with Crippen molar-refractivity contribution < 1.29 is 14.3 Å². The predicted octanol–water partition coefficient (Wildman–Crippen LogP) is 2.03. The van der Waals surface area contributed by atoms with Gasteiger partial charge in [-0.05, 0) is 31.9 Å². The third kappa shape index (κ3) is 4.05. The molecule has 29 heavy (non-hydrogen) atoms. The smallest absolute Gasteiger partial charge is 0.253 e. The van der Waals surface area contributed by atoms with Crippen LogP contribution in [0.25, 0.3) is 0 Å². The van der Waals surface area contributed by atoms with Crippen molar-refractivity contribution in [2.75, 3.05) is 26.7 Å². The molecule has 7 nitrogen and oxygen atoms in total. The zero-order valence-electron chi connectivity index (χ0n) is 17.1. The van der Waals surface area contributed by atoms with Crippen LogP contribution in [-0.2, 0) is 29.1 Å². The van der Waals surface area contributed by atoms with E-state index in [1.165, 1.54) is 0 Å². The fourth-order valence-electron chi connectivity index (χ4n) is 4.33. The van der Waals surface area contributed by atoms with Gasteiger partial charge in [-0.25, -0.2) is 0 Å². The van der Waals surface area contributed by atoms with Crippen LogP contribution >= 0.6 is 0 Å². The van der Waals surface area contributed by atoms with E-state index in [1.54, 1.807) is 7.05 Å². The molecule has 2 aromatic rings. The number of hydrogen-bond acceptors (Lipinski definition) is 4. The Morgan fingerprint density at radius 1 is 1.28 bits per heavy atom. The Morgan fingerprint density at radius 2 is 2.07 bits per heavy atom. The molecule has 2 aliphatic rings. The van der Waals surface area contributed by atoms with Gasteiger partial charge in [-0.1, -0.05) is 17.7 Å². The van der Waals surface area contributed by atoms with Gasteiger partial charge in [0, 0.05) is 49.3 Å². The van der Waals surface area contributed by atoms with Crippen molar-refractivity contribution in [3.8, 4) is 0 Å². The van der Waals surface area contributed by atoms with E-state index < -0.39 is 0 Å². The number of amides is 2. The number of rotatable bonds is 4. The average molecular weight is 396 g/mol. The fraction of sp³-hybridized carbons (Fsp3) is 0.500. The van der Waals surface area contributed by atoms with Gasteiger partial charge in [0.1, 0.15) is 6.54 Å². The second-order valence-electron chi connectivity index (χ2n) is 7.88. The number of piperidine rings is 1. The quantitative estimate of drug-likeness (QED) is 0.858. The summed E-state index contributed by atoms with van der Waals surface area (Å²) >= 11 is 0. The lowest BCUT2D eigenvalue weighted by atomic mass is 9.90. The molecule has 2 aliphatic heterocycles. The zero-order chi connectivity index (χ0) is 20.4. The van der Waals surface area contributed by atoms with Crippen LogP contribution in [-0.4, -0.2) is 53.2 Å². The SMILES string of the molecule is CNC(=O)Cn1nc(C2CCN(C(=O)c3cccc(C)c3)CC2)c2c1CCOC2. The van der Waals surface area contributed by atoms with Gasteiger partial charge in [0.05, 0.1) is 18.9 Å².